The molecule has 9 nitrogen and oxygen atoms in total. The molecule has 0 spiro atoms. The van der Waals surface area contributed by atoms with Gasteiger partial charge in [-0.25, -0.2) is 0 Å². The highest BCUT2D eigenvalue weighted by Crippen LogP contribution is 2.40. The summed E-state index contributed by atoms with van der Waals surface area (Å²) >= 11 is 12.7. The zero-order valence-corrected chi connectivity index (χ0v) is 18.8. The number of benzene rings is 2. The van der Waals surface area contributed by atoms with Crippen molar-refractivity contribution >= 4 is 40.7 Å². The second kappa shape index (κ2) is 9.62. The lowest BCUT2D eigenvalue weighted by molar-refractivity contribution is 0.0693. The lowest BCUT2D eigenvalue weighted by Gasteiger charge is -2.31. The highest BCUT2D eigenvalue weighted by molar-refractivity contribution is 6.37. The molecule has 1 aliphatic carbocycles. The smallest absolute Gasteiger partial charge is 0.267 e. The van der Waals surface area contributed by atoms with E-state index in [0.29, 0.717) is 11.4 Å². The summed E-state index contributed by atoms with van der Waals surface area (Å²) in [6.45, 7) is 0. The van der Waals surface area contributed by atoms with Crippen molar-refractivity contribution in [2.45, 2.75) is 38.1 Å². The van der Waals surface area contributed by atoms with E-state index in [0.717, 1.165) is 25.7 Å². The Kier molecular flexibility index (Phi) is 6.66. The summed E-state index contributed by atoms with van der Waals surface area (Å²) in [4.78, 5) is 14.7. The van der Waals surface area contributed by atoms with Crippen LogP contribution in [0.1, 0.15) is 42.5 Å². The second-order valence-electron chi connectivity index (χ2n) is 7.62. The van der Waals surface area contributed by atoms with Crippen LogP contribution in [0.2, 0.25) is 10.0 Å². The molecule has 1 amide bonds. The molecular weight excluding hydrogens is 455 g/mol. The molecule has 32 heavy (non-hydrogen) atoms. The van der Waals surface area contributed by atoms with Crippen LogP contribution in [0.15, 0.2) is 30.3 Å². The Morgan fingerprint density at radius 2 is 1.91 bits per heavy atom. The molecule has 0 unspecified atom stereocenters. The first-order valence-corrected chi connectivity index (χ1v) is 11.0. The van der Waals surface area contributed by atoms with Crippen LogP contribution in [-0.4, -0.2) is 49.6 Å². The standard InChI is InChI=1S/C21H22Cl2N6O3/c1-29(13-5-3-2-4-6-13)20(31)15-11-14(7-8-18(15)30)32-19-16(22)9-12(10-17(19)23)24-21-25-27-28-26-21/h7-11,13,30H,2-6H2,1H3,(H2,24,25,26,27,28). The fourth-order valence-electron chi connectivity index (χ4n) is 3.77. The molecular formula is C21H22Cl2N6O3. The third-order valence-corrected chi connectivity index (χ3v) is 6.02. The van der Waals surface area contributed by atoms with Gasteiger partial charge in [0.15, 0.2) is 5.75 Å². The Hall–Kier alpha value is -3.04. The summed E-state index contributed by atoms with van der Waals surface area (Å²) in [5.74, 6) is 0.440. The van der Waals surface area contributed by atoms with Crippen molar-refractivity contribution in [3.05, 3.63) is 45.9 Å². The topological polar surface area (TPSA) is 116 Å². The first-order chi connectivity index (χ1) is 15.4. The van der Waals surface area contributed by atoms with Gasteiger partial charge in [-0.15, -0.1) is 5.10 Å². The van der Waals surface area contributed by atoms with Gasteiger partial charge in [-0.3, -0.25) is 4.79 Å². The highest BCUT2D eigenvalue weighted by atomic mass is 35.5. The predicted octanol–water partition coefficient (Wildman–Crippen LogP) is 5.15. The summed E-state index contributed by atoms with van der Waals surface area (Å²) in [6.07, 6.45) is 5.33. The number of halogens is 2. The number of aromatic hydroxyl groups is 1. The highest BCUT2D eigenvalue weighted by Gasteiger charge is 2.25. The minimum absolute atomic E-state index is 0.109. The van der Waals surface area contributed by atoms with E-state index >= 15 is 0 Å². The molecule has 0 saturated heterocycles. The van der Waals surface area contributed by atoms with E-state index < -0.39 is 0 Å². The number of hydrogen-bond acceptors (Lipinski definition) is 7. The van der Waals surface area contributed by atoms with Crippen LogP contribution in [-0.2, 0) is 0 Å². The van der Waals surface area contributed by atoms with Crippen molar-refractivity contribution in [3.63, 3.8) is 0 Å². The maximum absolute atomic E-state index is 13.0. The zero-order chi connectivity index (χ0) is 22.7. The van der Waals surface area contributed by atoms with Gasteiger partial charge in [0, 0.05) is 18.8 Å². The molecule has 3 aromatic rings. The number of phenolic OH excluding ortho intramolecular Hbond substituents is 1. The van der Waals surface area contributed by atoms with Gasteiger partial charge in [0.1, 0.15) is 11.5 Å². The Labute approximate surface area is 194 Å². The number of nitrogens with one attached hydrogen (secondary N) is 2. The number of ether oxygens (including phenoxy) is 1. The molecule has 168 valence electrons. The summed E-state index contributed by atoms with van der Waals surface area (Å²) in [7, 11) is 1.77. The maximum atomic E-state index is 13.0. The van der Waals surface area contributed by atoms with E-state index in [1.165, 1.54) is 18.6 Å². The summed E-state index contributed by atoms with van der Waals surface area (Å²) in [6, 6.07) is 7.83. The number of nitrogens with zero attached hydrogens (tertiary/aromatic N) is 4. The Bertz CT molecular complexity index is 1080. The van der Waals surface area contributed by atoms with E-state index in [4.69, 9.17) is 27.9 Å². The average Bonchev–Trinajstić information content (AvgIpc) is 3.30. The molecule has 0 radical (unpaired) electrons. The van der Waals surface area contributed by atoms with Gasteiger partial charge < -0.3 is 20.1 Å². The molecule has 0 aliphatic heterocycles. The monoisotopic (exact) mass is 476 g/mol. The number of phenols is 1. The molecule has 4 rings (SSSR count). The van der Waals surface area contributed by atoms with Crippen LogP contribution in [0.3, 0.4) is 0 Å². The minimum Gasteiger partial charge on any atom is -0.507 e. The number of H-pyrrole nitrogens is 1. The number of amides is 1. The van der Waals surface area contributed by atoms with Crippen molar-refractivity contribution in [3.8, 4) is 17.2 Å². The number of carbonyl (C=O) groups is 1. The lowest BCUT2D eigenvalue weighted by atomic mass is 9.94. The van der Waals surface area contributed by atoms with E-state index in [9.17, 15) is 9.90 Å². The van der Waals surface area contributed by atoms with Crippen LogP contribution in [0.4, 0.5) is 11.6 Å². The van der Waals surface area contributed by atoms with Crippen LogP contribution < -0.4 is 10.1 Å². The van der Waals surface area contributed by atoms with Crippen molar-refractivity contribution in [2.75, 3.05) is 12.4 Å². The lowest BCUT2D eigenvalue weighted by Crippen LogP contribution is -2.38. The minimum atomic E-state index is -0.253. The van der Waals surface area contributed by atoms with Crippen LogP contribution in [0.5, 0.6) is 17.2 Å². The van der Waals surface area contributed by atoms with E-state index in [1.807, 2.05) is 0 Å². The molecule has 0 atom stereocenters. The SMILES string of the molecule is CN(C(=O)c1cc(Oc2c(Cl)cc(Nc3nn[nH]n3)cc2Cl)ccc1O)C1CCCCC1. The van der Waals surface area contributed by atoms with Crippen molar-refractivity contribution < 1.29 is 14.6 Å². The molecule has 0 bridgehead atoms. The van der Waals surface area contributed by atoms with Crippen molar-refractivity contribution in [2.24, 2.45) is 0 Å². The van der Waals surface area contributed by atoms with Gasteiger partial charge in [-0.1, -0.05) is 47.6 Å². The molecule has 3 N–H and O–H groups in total. The fraction of sp³-hybridized carbons (Fsp3) is 0.333. The molecule has 2 aromatic carbocycles. The van der Waals surface area contributed by atoms with E-state index in [2.05, 4.69) is 25.9 Å². The Morgan fingerprint density at radius 3 is 2.56 bits per heavy atom. The summed E-state index contributed by atoms with van der Waals surface area (Å²) < 4.78 is 5.88. The number of aromatic amines is 1. The van der Waals surface area contributed by atoms with Crippen LogP contribution in [0.25, 0.3) is 0 Å². The molecule has 1 heterocycles. The Balaban J connectivity index is 1.54. The largest absolute Gasteiger partial charge is 0.507 e. The van der Waals surface area contributed by atoms with E-state index in [1.54, 1.807) is 30.1 Å². The number of tetrazole rings is 1. The number of hydrogen-bond donors (Lipinski definition) is 3. The number of anilines is 2. The van der Waals surface area contributed by atoms with Gasteiger partial charge in [0.2, 0.25) is 0 Å². The second-order valence-corrected chi connectivity index (χ2v) is 8.43. The first kappa shape index (κ1) is 22.2. The third-order valence-electron chi connectivity index (χ3n) is 5.46. The quantitative estimate of drug-likeness (QED) is 0.450. The van der Waals surface area contributed by atoms with Gasteiger partial charge >= 0.3 is 0 Å². The summed E-state index contributed by atoms with van der Waals surface area (Å²) in [5, 5.41) is 27.1. The molecule has 1 aliphatic rings. The predicted molar refractivity (Wildman–Crippen MR) is 121 cm³/mol. The van der Waals surface area contributed by atoms with Gasteiger partial charge in [-0.05, 0) is 48.4 Å². The first-order valence-electron chi connectivity index (χ1n) is 10.2. The molecule has 1 fully saturated rings. The fourth-order valence-corrected chi connectivity index (χ4v) is 4.33. The van der Waals surface area contributed by atoms with Crippen LogP contribution in [0, 0.1) is 0 Å². The maximum Gasteiger partial charge on any atom is 0.267 e. The van der Waals surface area contributed by atoms with Crippen molar-refractivity contribution in [1.82, 2.24) is 25.5 Å². The normalized spacial score (nSPS) is 14.2. The molecule has 1 saturated carbocycles. The molecule has 11 heteroatoms. The van der Waals surface area contributed by atoms with Gasteiger partial charge in [0.05, 0.1) is 15.6 Å². The number of carbonyl (C=O) groups excluding carboxylic acids is 1. The van der Waals surface area contributed by atoms with Crippen molar-refractivity contribution in [1.29, 1.82) is 0 Å². The van der Waals surface area contributed by atoms with Gasteiger partial charge in [-0.2, -0.15) is 5.21 Å². The van der Waals surface area contributed by atoms with Crippen LogP contribution >= 0.6 is 23.2 Å². The van der Waals surface area contributed by atoms with Gasteiger partial charge in [0.25, 0.3) is 11.9 Å². The molecule has 1 aromatic heterocycles. The third kappa shape index (κ3) is 4.89. The van der Waals surface area contributed by atoms with E-state index in [-0.39, 0.29) is 45.0 Å². The number of aromatic nitrogens is 4. The average molecular weight is 477 g/mol. The summed E-state index contributed by atoms with van der Waals surface area (Å²) in [5.41, 5.74) is 0.711. The Morgan fingerprint density at radius 1 is 1.19 bits per heavy atom. The zero-order valence-electron chi connectivity index (χ0n) is 17.3. The number of rotatable bonds is 6.